The van der Waals surface area contributed by atoms with Gasteiger partial charge in [-0.15, -0.1) is 4.72 Å². The Morgan fingerprint density at radius 3 is 2.83 bits per heavy atom. The highest BCUT2D eigenvalue weighted by atomic mass is 32.2. The van der Waals surface area contributed by atoms with Crippen LogP contribution in [0.2, 0.25) is 0 Å². The molecule has 4 rings (SSSR count). The number of nitrogens with zero attached hydrogens (tertiary/aromatic N) is 2. The Morgan fingerprint density at radius 2 is 2.03 bits per heavy atom. The van der Waals surface area contributed by atoms with Gasteiger partial charge in [0.2, 0.25) is 0 Å². The summed E-state index contributed by atoms with van der Waals surface area (Å²) in [5.74, 6) is -0.441. The number of H-pyrrole nitrogens is 1. The van der Waals surface area contributed by atoms with Crippen LogP contribution in [-0.2, 0) is 11.4 Å². The number of aliphatic hydroxyl groups excluding tert-OH is 1. The van der Waals surface area contributed by atoms with Gasteiger partial charge in [-0.05, 0) is 42.8 Å². The third kappa shape index (κ3) is 4.01. The Kier molecular flexibility index (Phi) is 5.59. The average molecular weight is 410 g/mol. The van der Waals surface area contributed by atoms with Crippen LogP contribution in [0, 0.1) is 5.82 Å². The molecule has 29 heavy (non-hydrogen) atoms. The molecule has 2 atom stereocenters. The second kappa shape index (κ2) is 8.30. The first-order valence-electron chi connectivity index (χ1n) is 9.05. The normalized spacial score (nSPS) is 13.5. The lowest BCUT2D eigenvalue weighted by Crippen LogP contribution is -2.35. The lowest BCUT2D eigenvalue weighted by Gasteiger charge is -2.17. The zero-order valence-corrected chi connectivity index (χ0v) is 16.4. The summed E-state index contributed by atoms with van der Waals surface area (Å²) in [6.45, 7) is 1.60. The lowest BCUT2D eigenvalue weighted by molar-refractivity contribution is 0.265. The molecule has 0 aliphatic carbocycles. The Bertz CT molecular complexity index is 1150. The third-order valence-corrected chi connectivity index (χ3v) is 5.86. The molecular formula is C21H19FN4O2S. The Hall–Kier alpha value is -2.78. The van der Waals surface area contributed by atoms with Gasteiger partial charge in [-0.25, -0.2) is 14.4 Å². The number of aromatic amines is 1. The molecule has 8 heteroatoms. The smallest absolute Gasteiger partial charge is 0.181 e. The van der Waals surface area contributed by atoms with Crippen molar-refractivity contribution in [2.75, 3.05) is 6.61 Å². The van der Waals surface area contributed by atoms with Crippen LogP contribution < -0.4 is 4.72 Å². The zero-order chi connectivity index (χ0) is 20.4. The van der Waals surface area contributed by atoms with Gasteiger partial charge in [-0.1, -0.05) is 18.2 Å². The molecule has 6 nitrogen and oxygen atoms in total. The van der Waals surface area contributed by atoms with E-state index in [1.807, 2.05) is 6.07 Å². The molecule has 0 bridgehead atoms. The van der Waals surface area contributed by atoms with E-state index >= 15 is 0 Å². The second-order valence-electron chi connectivity index (χ2n) is 6.63. The molecular weight excluding hydrogens is 391 g/mol. The van der Waals surface area contributed by atoms with Crippen LogP contribution in [-0.4, -0.2) is 37.3 Å². The van der Waals surface area contributed by atoms with Crippen molar-refractivity contribution in [2.45, 2.75) is 17.9 Å². The number of halogens is 1. The van der Waals surface area contributed by atoms with Crippen molar-refractivity contribution in [3.8, 4) is 22.4 Å². The first-order chi connectivity index (χ1) is 14.1. The molecule has 148 valence electrons. The van der Waals surface area contributed by atoms with Gasteiger partial charge in [-0.3, -0.25) is 0 Å². The summed E-state index contributed by atoms with van der Waals surface area (Å²) >= 11 is -1.54. The minimum atomic E-state index is -1.54. The number of aliphatic hydroxyl groups is 1. The summed E-state index contributed by atoms with van der Waals surface area (Å²) in [7, 11) is 0. The fraction of sp³-hybridized carbons (Fsp3) is 0.143. The molecule has 0 saturated heterocycles. The fourth-order valence-electron chi connectivity index (χ4n) is 3.00. The maximum Gasteiger partial charge on any atom is 0.181 e. The van der Waals surface area contributed by atoms with E-state index in [4.69, 9.17) is 0 Å². The van der Waals surface area contributed by atoms with Crippen LogP contribution in [0.3, 0.4) is 0 Å². The highest BCUT2D eigenvalue weighted by Crippen LogP contribution is 2.31. The predicted molar refractivity (Wildman–Crippen MR) is 111 cm³/mol. The number of benzene rings is 2. The van der Waals surface area contributed by atoms with Crippen molar-refractivity contribution in [1.29, 1.82) is 0 Å². The van der Waals surface area contributed by atoms with Gasteiger partial charge in [0.1, 0.15) is 11.3 Å². The second-order valence-corrected chi connectivity index (χ2v) is 7.84. The highest BCUT2D eigenvalue weighted by molar-refractivity contribution is 7.89. The van der Waals surface area contributed by atoms with Gasteiger partial charge in [0.25, 0.3) is 0 Å². The van der Waals surface area contributed by atoms with Gasteiger partial charge >= 0.3 is 0 Å². The molecule has 2 aromatic carbocycles. The molecule has 0 aliphatic heterocycles. The van der Waals surface area contributed by atoms with Crippen LogP contribution in [0.1, 0.15) is 6.92 Å². The van der Waals surface area contributed by atoms with Gasteiger partial charge in [0.15, 0.2) is 10.5 Å². The largest absolute Gasteiger partial charge is 0.593 e. The van der Waals surface area contributed by atoms with E-state index in [0.717, 1.165) is 0 Å². The number of aromatic nitrogens is 3. The first kappa shape index (κ1) is 19.5. The summed E-state index contributed by atoms with van der Waals surface area (Å²) in [5.41, 5.74) is 3.35. The Morgan fingerprint density at radius 1 is 1.21 bits per heavy atom. The Labute approximate surface area is 170 Å². The van der Waals surface area contributed by atoms with Crippen molar-refractivity contribution < 1.29 is 14.0 Å². The summed E-state index contributed by atoms with van der Waals surface area (Å²) in [6, 6.07) is 13.4. The number of hydrogen-bond donors (Lipinski definition) is 3. The summed E-state index contributed by atoms with van der Waals surface area (Å²) in [5, 5.41) is 9.18. The summed E-state index contributed by atoms with van der Waals surface area (Å²) < 4.78 is 30.4. The average Bonchev–Trinajstić information content (AvgIpc) is 3.21. The van der Waals surface area contributed by atoms with E-state index in [1.54, 1.807) is 49.5 Å². The van der Waals surface area contributed by atoms with Gasteiger partial charge in [-0.2, -0.15) is 0 Å². The maximum absolute atomic E-state index is 14.9. The van der Waals surface area contributed by atoms with Crippen molar-refractivity contribution in [1.82, 2.24) is 19.7 Å². The molecule has 3 N–H and O–H groups in total. The SMILES string of the molecule is CC(CO)N[S+]([O-])c1ccccc1-c1ccc(-c2cnc3[nH]ccc3n2)c(F)c1. The molecule has 2 unspecified atom stereocenters. The molecule has 0 spiro atoms. The van der Waals surface area contributed by atoms with E-state index in [1.165, 1.54) is 12.3 Å². The quantitative estimate of drug-likeness (QED) is 0.423. The van der Waals surface area contributed by atoms with E-state index in [9.17, 15) is 14.0 Å². The topological polar surface area (TPSA) is 96.9 Å². The minimum absolute atomic E-state index is 0.135. The van der Waals surface area contributed by atoms with Crippen LogP contribution in [0.5, 0.6) is 0 Å². The van der Waals surface area contributed by atoms with Crippen molar-refractivity contribution in [3.05, 3.63) is 66.7 Å². The van der Waals surface area contributed by atoms with Crippen LogP contribution in [0.15, 0.2) is 65.8 Å². The molecule has 2 aromatic heterocycles. The van der Waals surface area contributed by atoms with Gasteiger partial charge in [0.05, 0.1) is 35.9 Å². The molecule has 0 fully saturated rings. The molecule has 0 saturated carbocycles. The van der Waals surface area contributed by atoms with E-state index in [0.29, 0.717) is 38.4 Å². The molecule has 0 amide bonds. The van der Waals surface area contributed by atoms with E-state index in [2.05, 4.69) is 19.7 Å². The molecule has 0 radical (unpaired) electrons. The van der Waals surface area contributed by atoms with Crippen molar-refractivity contribution in [2.24, 2.45) is 0 Å². The molecule has 4 aromatic rings. The van der Waals surface area contributed by atoms with Gasteiger partial charge < -0.3 is 14.6 Å². The zero-order valence-electron chi connectivity index (χ0n) is 15.6. The van der Waals surface area contributed by atoms with Crippen molar-refractivity contribution >= 4 is 22.5 Å². The fourth-order valence-corrected chi connectivity index (χ4v) is 4.16. The standard InChI is InChI=1S/C21H19FN4O2S/c1-13(12-27)26-29(28)20-5-3-2-4-15(20)14-6-7-16(17(22)10-14)19-11-24-21-18(25-19)8-9-23-21/h2-11,13,26-27H,12H2,1H3,(H,23,24). The Balaban J connectivity index is 1.69. The van der Waals surface area contributed by atoms with E-state index in [-0.39, 0.29) is 12.6 Å². The first-order valence-corrected chi connectivity index (χ1v) is 10.2. The maximum atomic E-state index is 14.9. The summed E-state index contributed by atoms with van der Waals surface area (Å²) in [6.07, 6.45) is 3.26. The van der Waals surface area contributed by atoms with E-state index < -0.39 is 17.2 Å². The number of nitrogens with one attached hydrogen (secondary N) is 2. The van der Waals surface area contributed by atoms with Gasteiger partial charge in [0, 0.05) is 17.3 Å². The number of hydrogen-bond acceptors (Lipinski definition) is 5. The monoisotopic (exact) mass is 410 g/mol. The number of fused-ring (bicyclic) bond motifs is 1. The summed E-state index contributed by atoms with van der Waals surface area (Å²) in [4.78, 5) is 12.2. The van der Waals surface area contributed by atoms with Crippen molar-refractivity contribution in [3.63, 3.8) is 0 Å². The van der Waals surface area contributed by atoms with Crippen LogP contribution >= 0.6 is 0 Å². The predicted octanol–water partition coefficient (Wildman–Crippen LogP) is 3.42. The molecule has 0 aliphatic rings. The number of rotatable bonds is 6. The van der Waals surface area contributed by atoms with Crippen LogP contribution in [0.25, 0.3) is 33.5 Å². The third-order valence-electron chi connectivity index (χ3n) is 4.49. The highest BCUT2D eigenvalue weighted by Gasteiger charge is 2.20. The van der Waals surface area contributed by atoms with Crippen LogP contribution in [0.4, 0.5) is 4.39 Å². The minimum Gasteiger partial charge on any atom is -0.593 e. The molecule has 2 heterocycles. The lowest BCUT2D eigenvalue weighted by atomic mass is 10.0.